The van der Waals surface area contributed by atoms with E-state index in [1.165, 1.54) is 16.7 Å². The predicted octanol–water partition coefficient (Wildman–Crippen LogP) is 4.74. The molecule has 0 unspecified atom stereocenters. The van der Waals surface area contributed by atoms with E-state index < -0.39 is 0 Å². The second-order valence-electron chi connectivity index (χ2n) is 7.38. The van der Waals surface area contributed by atoms with E-state index >= 15 is 0 Å². The highest BCUT2D eigenvalue weighted by Crippen LogP contribution is 2.38. The Morgan fingerprint density at radius 3 is 2.32 bits per heavy atom. The number of thioether (sulfide) groups is 1. The highest BCUT2D eigenvalue weighted by molar-refractivity contribution is 8.03. The third-order valence-corrected chi connectivity index (χ3v) is 5.35. The largest absolute Gasteiger partial charge is 0.493 e. The molecule has 2 aromatic rings. The molecule has 0 atom stereocenters. The van der Waals surface area contributed by atoms with Crippen molar-refractivity contribution in [3.8, 4) is 5.75 Å². The molecule has 3 rings (SSSR count). The zero-order valence-corrected chi connectivity index (χ0v) is 17.4. The van der Waals surface area contributed by atoms with E-state index in [9.17, 15) is 9.59 Å². The number of carbonyl (C=O) groups excluding carboxylic acids is 2. The van der Waals surface area contributed by atoms with Gasteiger partial charge >= 0.3 is 0 Å². The molecule has 0 saturated heterocycles. The van der Waals surface area contributed by atoms with Gasteiger partial charge in [-0.1, -0.05) is 26.0 Å². The van der Waals surface area contributed by atoms with Gasteiger partial charge in [-0.25, -0.2) is 0 Å². The summed E-state index contributed by atoms with van der Waals surface area (Å²) < 4.78 is 11.1. The third kappa shape index (κ3) is 4.33. The first-order valence-corrected chi connectivity index (χ1v) is 10.4. The summed E-state index contributed by atoms with van der Waals surface area (Å²) >= 11 is 1.34. The quantitative estimate of drug-likeness (QED) is 0.600. The minimum absolute atomic E-state index is 0.203. The lowest BCUT2D eigenvalue weighted by Crippen LogP contribution is -2.37. The molecule has 1 aliphatic rings. The molecule has 1 aromatic carbocycles. The Bertz CT molecular complexity index is 866. The normalized spacial score (nSPS) is 14.7. The van der Waals surface area contributed by atoms with Gasteiger partial charge in [-0.15, -0.1) is 11.8 Å². The van der Waals surface area contributed by atoms with E-state index in [0.717, 1.165) is 17.1 Å². The topological polar surface area (TPSA) is 59.8 Å². The minimum atomic E-state index is -0.252. The average molecular weight is 400 g/mol. The van der Waals surface area contributed by atoms with Crippen molar-refractivity contribution in [2.75, 3.05) is 6.61 Å². The summed E-state index contributed by atoms with van der Waals surface area (Å²) in [7, 11) is 0. The van der Waals surface area contributed by atoms with Crippen LogP contribution in [0.2, 0.25) is 0 Å². The number of amides is 2. The highest BCUT2D eigenvalue weighted by Gasteiger charge is 2.40. The van der Waals surface area contributed by atoms with Gasteiger partial charge in [0.15, 0.2) is 0 Å². The van der Waals surface area contributed by atoms with Gasteiger partial charge in [0.25, 0.3) is 11.8 Å². The van der Waals surface area contributed by atoms with Gasteiger partial charge in [-0.3, -0.25) is 14.5 Å². The van der Waals surface area contributed by atoms with E-state index in [1.807, 2.05) is 50.2 Å². The van der Waals surface area contributed by atoms with Crippen LogP contribution in [0.3, 0.4) is 0 Å². The monoisotopic (exact) mass is 399 g/mol. The van der Waals surface area contributed by atoms with E-state index in [0.29, 0.717) is 28.8 Å². The molecule has 1 aliphatic heterocycles. The van der Waals surface area contributed by atoms with Crippen molar-refractivity contribution >= 4 is 29.1 Å². The number of ether oxygens (including phenoxy) is 1. The number of rotatable bonds is 8. The summed E-state index contributed by atoms with van der Waals surface area (Å²) in [6.45, 7) is 8.49. The van der Waals surface area contributed by atoms with Crippen LogP contribution in [0, 0.1) is 5.92 Å². The van der Waals surface area contributed by atoms with Gasteiger partial charge in [0.05, 0.1) is 29.1 Å². The zero-order chi connectivity index (χ0) is 20.3. The molecule has 0 saturated carbocycles. The summed E-state index contributed by atoms with van der Waals surface area (Å²) in [6.07, 6.45) is 1.60. The van der Waals surface area contributed by atoms with Gasteiger partial charge in [0.1, 0.15) is 11.5 Å². The standard InChI is InChI=1S/C22H25NO4S/c1-14(2)12-27-17-9-7-16(8-10-17)19-20(28-13-18-6-5-11-26-18)22(25)23(15(3)4)21(19)24/h5-11,14-15H,12-13H2,1-4H3. The fourth-order valence-electron chi connectivity index (χ4n) is 2.90. The summed E-state index contributed by atoms with van der Waals surface area (Å²) in [4.78, 5) is 27.7. The first kappa shape index (κ1) is 20.3. The fourth-order valence-corrected chi connectivity index (χ4v) is 3.92. The lowest BCUT2D eigenvalue weighted by Gasteiger charge is -2.19. The molecule has 1 aromatic heterocycles. The lowest BCUT2D eigenvalue weighted by molar-refractivity contribution is -0.138. The number of hydrogen-bond donors (Lipinski definition) is 0. The van der Waals surface area contributed by atoms with E-state index in [4.69, 9.17) is 9.15 Å². The molecule has 148 valence electrons. The number of benzene rings is 1. The highest BCUT2D eigenvalue weighted by atomic mass is 32.2. The van der Waals surface area contributed by atoms with Crippen molar-refractivity contribution in [3.63, 3.8) is 0 Å². The van der Waals surface area contributed by atoms with Gasteiger partial charge in [-0.05, 0) is 49.6 Å². The van der Waals surface area contributed by atoms with Crippen molar-refractivity contribution < 1.29 is 18.7 Å². The molecule has 0 N–H and O–H groups in total. The summed E-state index contributed by atoms with van der Waals surface area (Å²) in [5, 5.41) is 0. The van der Waals surface area contributed by atoms with Crippen LogP contribution in [-0.4, -0.2) is 29.4 Å². The molecule has 0 aliphatic carbocycles. The second kappa shape index (κ2) is 8.69. The molecule has 5 nitrogen and oxygen atoms in total. The molecule has 28 heavy (non-hydrogen) atoms. The summed E-state index contributed by atoms with van der Waals surface area (Å²) in [5.74, 6) is 1.94. The molecule has 2 heterocycles. The van der Waals surface area contributed by atoms with Gasteiger partial charge < -0.3 is 9.15 Å². The van der Waals surface area contributed by atoms with Crippen LogP contribution in [0.4, 0.5) is 0 Å². The number of hydrogen-bond acceptors (Lipinski definition) is 5. The predicted molar refractivity (Wildman–Crippen MR) is 111 cm³/mol. The number of imide groups is 1. The maximum absolute atomic E-state index is 13.0. The minimum Gasteiger partial charge on any atom is -0.493 e. The second-order valence-corrected chi connectivity index (χ2v) is 8.36. The average Bonchev–Trinajstić information content (AvgIpc) is 3.24. The maximum atomic E-state index is 13.0. The molecule has 2 amide bonds. The van der Waals surface area contributed by atoms with Crippen molar-refractivity contribution in [1.29, 1.82) is 0 Å². The molecular weight excluding hydrogens is 374 g/mol. The van der Waals surface area contributed by atoms with E-state index in [2.05, 4.69) is 13.8 Å². The molecule has 0 bridgehead atoms. The molecular formula is C22H25NO4S. The summed E-state index contributed by atoms with van der Waals surface area (Å²) in [5.41, 5.74) is 1.17. The van der Waals surface area contributed by atoms with Crippen molar-refractivity contribution in [2.24, 2.45) is 5.92 Å². The Labute approximate surface area is 169 Å². The Morgan fingerprint density at radius 1 is 1.04 bits per heavy atom. The fraction of sp³-hybridized carbons (Fsp3) is 0.364. The van der Waals surface area contributed by atoms with Crippen LogP contribution < -0.4 is 4.74 Å². The van der Waals surface area contributed by atoms with Crippen LogP contribution in [0.1, 0.15) is 39.0 Å². The first-order valence-electron chi connectivity index (χ1n) is 9.39. The van der Waals surface area contributed by atoms with Crippen LogP contribution >= 0.6 is 11.8 Å². The first-order chi connectivity index (χ1) is 13.4. The molecule has 0 radical (unpaired) electrons. The van der Waals surface area contributed by atoms with Crippen LogP contribution in [0.15, 0.2) is 52.0 Å². The van der Waals surface area contributed by atoms with Gasteiger partial charge in [-0.2, -0.15) is 0 Å². The Morgan fingerprint density at radius 2 is 1.75 bits per heavy atom. The molecule has 0 fully saturated rings. The maximum Gasteiger partial charge on any atom is 0.268 e. The van der Waals surface area contributed by atoms with Gasteiger partial charge in [0.2, 0.25) is 0 Å². The zero-order valence-electron chi connectivity index (χ0n) is 16.6. The smallest absolute Gasteiger partial charge is 0.268 e. The van der Waals surface area contributed by atoms with Crippen molar-refractivity contribution in [2.45, 2.75) is 39.5 Å². The Kier molecular flexibility index (Phi) is 6.29. The van der Waals surface area contributed by atoms with E-state index in [1.54, 1.807) is 6.26 Å². The number of furan rings is 1. The van der Waals surface area contributed by atoms with Crippen LogP contribution in [-0.2, 0) is 15.3 Å². The van der Waals surface area contributed by atoms with Crippen molar-refractivity contribution in [1.82, 2.24) is 4.90 Å². The Hall–Kier alpha value is -2.47. The molecule has 0 spiro atoms. The Balaban J connectivity index is 1.89. The number of nitrogens with zero attached hydrogens (tertiary/aromatic N) is 1. The number of carbonyl (C=O) groups is 2. The lowest BCUT2D eigenvalue weighted by atomic mass is 10.1. The van der Waals surface area contributed by atoms with E-state index in [-0.39, 0.29) is 17.9 Å². The molecule has 6 heteroatoms. The SMILES string of the molecule is CC(C)COc1ccc(C2=C(SCc3ccco3)C(=O)N(C(C)C)C2=O)cc1. The van der Waals surface area contributed by atoms with Crippen molar-refractivity contribution in [3.05, 3.63) is 58.9 Å². The van der Waals surface area contributed by atoms with Crippen LogP contribution in [0.5, 0.6) is 5.75 Å². The summed E-state index contributed by atoms with van der Waals surface area (Å²) in [6, 6.07) is 10.8. The van der Waals surface area contributed by atoms with Gasteiger partial charge in [0, 0.05) is 6.04 Å². The third-order valence-electron chi connectivity index (χ3n) is 4.25. The van der Waals surface area contributed by atoms with Crippen LogP contribution in [0.25, 0.3) is 5.57 Å².